The summed E-state index contributed by atoms with van der Waals surface area (Å²) in [5.41, 5.74) is 1.09. The standard InChI is InChI=1S/C15H22ClN3O2/c1-11(2)8-17-15(21)18-14(20)10-19(3)9-12-4-6-13(16)7-5-12/h4-7,11H,8-10H2,1-3H3,(H2,17,18,20,21)/p+1. The molecule has 0 aliphatic heterocycles. The van der Waals surface area contributed by atoms with Crippen LogP contribution in [-0.2, 0) is 11.3 Å². The molecule has 0 heterocycles. The fourth-order valence-corrected chi connectivity index (χ4v) is 1.93. The number of urea groups is 1. The molecular formula is C15H23ClN3O2+. The van der Waals surface area contributed by atoms with Crippen LogP contribution < -0.4 is 15.5 Å². The van der Waals surface area contributed by atoms with E-state index in [1.165, 1.54) is 0 Å². The number of likely N-dealkylation sites (N-methyl/N-ethyl adjacent to an activating group) is 1. The third kappa shape index (κ3) is 7.68. The Morgan fingerprint density at radius 2 is 1.86 bits per heavy atom. The van der Waals surface area contributed by atoms with E-state index < -0.39 is 6.03 Å². The zero-order valence-electron chi connectivity index (χ0n) is 12.7. The molecule has 1 aromatic rings. The van der Waals surface area contributed by atoms with Gasteiger partial charge in [0.1, 0.15) is 6.54 Å². The van der Waals surface area contributed by atoms with Gasteiger partial charge in [-0.15, -0.1) is 0 Å². The van der Waals surface area contributed by atoms with Crippen LogP contribution >= 0.6 is 11.6 Å². The molecule has 0 aliphatic rings. The number of rotatable bonds is 6. The molecule has 0 radical (unpaired) electrons. The maximum absolute atomic E-state index is 11.7. The van der Waals surface area contributed by atoms with E-state index in [-0.39, 0.29) is 12.5 Å². The second-order valence-corrected chi connectivity index (χ2v) is 6.03. The van der Waals surface area contributed by atoms with Crippen LogP contribution in [0.3, 0.4) is 0 Å². The first-order chi connectivity index (χ1) is 9.86. The highest BCUT2D eigenvalue weighted by molar-refractivity contribution is 6.30. The fraction of sp³-hybridized carbons (Fsp3) is 0.467. The molecule has 21 heavy (non-hydrogen) atoms. The molecule has 0 saturated heterocycles. The number of nitrogens with one attached hydrogen (secondary N) is 3. The molecule has 1 unspecified atom stereocenters. The van der Waals surface area contributed by atoms with E-state index in [2.05, 4.69) is 10.6 Å². The van der Waals surface area contributed by atoms with E-state index in [1.807, 2.05) is 45.2 Å². The average Bonchev–Trinajstić information content (AvgIpc) is 2.38. The number of hydrogen-bond acceptors (Lipinski definition) is 2. The van der Waals surface area contributed by atoms with Crippen molar-refractivity contribution in [2.45, 2.75) is 20.4 Å². The molecule has 1 atom stereocenters. The highest BCUT2D eigenvalue weighted by atomic mass is 35.5. The first-order valence-corrected chi connectivity index (χ1v) is 7.38. The molecule has 6 heteroatoms. The highest BCUT2D eigenvalue weighted by Crippen LogP contribution is 2.08. The number of amides is 3. The molecule has 1 aromatic carbocycles. The minimum Gasteiger partial charge on any atom is -0.338 e. The Bertz CT molecular complexity index is 474. The number of carbonyl (C=O) groups is 2. The first-order valence-electron chi connectivity index (χ1n) is 7.00. The summed E-state index contributed by atoms with van der Waals surface area (Å²) in [7, 11) is 1.90. The molecular weight excluding hydrogens is 290 g/mol. The number of hydrogen-bond donors (Lipinski definition) is 3. The van der Waals surface area contributed by atoms with E-state index in [0.717, 1.165) is 10.5 Å². The fourth-order valence-electron chi connectivity index (χ4n) is 1.80. The summed E-state index contributed by atoms with van der Waals surface area (Å²) < 4.78 is 0. The minimum atomic E-state index is -0.437. The van der Waals surface area contributed by atoms with Gasteiger partial charge in [-0.25, -0.2) is 4.79 Å². The summed E-state index contributed by atoms with van der Waals surface area (Å²) in [6.07, 6.45) is 0. The maximum Gasteiger partial charge on any atom is 0.321 e. The normalized spacial score (nSPS) is 12.0. The lowest BCUT2D eigenvalue weighted by Crippen LogP contribution is -3.09. The quantitative estimate of drug-likeness (QED) is 0.729. The van der Waals surface area contributed by atoms with Gasteiger partial charge in [0.05, 0.1) is 7.05 Å². The van der Waals surface area contributed by atoms with Gasteiger partial charge in [0.15, 0.2) is 6.54 Å². The lowest BCUT2D eigenvalue weighted by atomic mass is 10.2. The second kappa shape index (κ2) is 8.64. The smallest absolute Gasteiger partial charge is 0.321 e. The molecule has 0 bridgehead atoms. The molecule has 0 fully saturated rings. The predicted octanol–water partition coefficient (Wildman–Crippen LogP) is 0.837. The Morgan fingerprint density at radius 3 is 2.43 bits per heavy atom. The van der Waals surface area contributed by atoms with Gasteiger partial charge in [-0.05, 0) is 18.1 Å². The molecule has 1 rings (SSSR count). The molecule has 0 aliphatic carbocycles. The molecule has 5 nitrogen and oxygen atoms in total. The van der Waals surface area contributed by atoms with Crippen LogP contribution in [0, 0.1) is 5.92 Å². The molecule has 3 amide bonds. The molecule has 0 saturated carbocycles. The number of imide groups is 1. The van der Waals surface area contributed by atoms with Crippen LogP contribution in [0.5, 0.6) is 0 Å². The van der Waals surface area contributed by atoms with Gasteiger partial charge in [-0.2, -0.15) is 0 Å². The SMILES string of the molecule is CC(C)CNC(=O)NC(=O)C[NH+](C)Cc1ccc(Cl)cc1. The van der Waals surface area contributed by atoms with Crippen LogP contribution in [-0.4, -0.2) is 32.1 Å². The van der Waals surface area contributed by atoms with Crippen molar-refractivity contribution < 1.29 is 14.5 Å². The predicted molar refractivity (Wildman–Crippen MR) is 83.3 cm³/mol. The average molecular weight is 313 g/mol. The van der Waals surface area contributed by atoms with Crippen molar-refractivity contribution in [2.75, 3.05) is 20.1 Å². The van der Waals surface area contributed by atoms with E-state index in [0.29, 0.717) is 24.0 Å². The van der Waals surface area contributed by atoms with Gasteiger partial charge in [0, 0.05) is 17.1 Å². The van der Waals surface area contributed by atoms with Gasteiger partial charge < -0.3 is 10.2 Å². The Balaban J connectivity index is 2.33. The number of benzene rings is 1. The summed E-state index contributed by atoms with van der Waals surface area (Å²) in [5.74, 6) is 0.0618. The van der Waals surface area contributed by atoms with E-state index >= 15 is 0 Å². The van der Waals surface area contributed by atoms with Crippen molar-refractivity contribution in [1.29, 1.82) is 0 Å². The van der Waals surface area contributed by atoms with Crippen molar-refractivity contribution in [3.05, 3.63) is 34.9 Å². The minimum absolute atomic E-state index is 0.234. The zero-order valence-corrected chi connectivity index (χ0v) is 13.5. The van der Waals surface area contributed by atoms with Gasteiger partial charge in [-0.3, -0.25) is 10.1 Å². The lowest BCUT2D eigenvalue weighted by molar-refractivity contribution is -0.885. The van der Waals surface area contributed by atoms with Crippen molar-refractivity contribution in [2.24, 2.45) is 5.92 Å². The second-order valence-electron chi connectivity index (χ2n) is 5.59. The van der Waals surface area contributed by atoms with Crippen molar-refractivity contribution in [3.8, 4) is 0 Å². The Labute approximate surface area is 130 Å². The molecule has 0 spiro atoms. The topological polar surface area (TPSA) is 62.6 Å². The summed E-state index contributed by atoms with van der Waals surface area (Å²) in [6.45, 7) is 5.46. The maximum atomic E-state index is 11.7. The van der Waals surface area contributed by atoms with Crippen molar-refractivity contribution in [1.82, 2.24) is 10.6 Å². The van der Waals surface area contributed by atoms with Crippen LogP contribution in [0.2, 0.25) is 5.02 Å². The first kappa shape index (κ1) is 17.5. The summed E-state index contributed by atoms with van der Waals surface area (Å²) >= 11 is 5.83. The summed E-state index contributed by atoms with van der Waals surface area (Å²) in [4.78, 5) is 24.2. The monoisotopic (exact) mass is 312 g/mol. The van der Waals surface area contributed by atoms with Gasteiger partial charge >= 0.3 is 6.03 Å². The third-order valence-corrected chi connectivity index (χ3v) is 3.06. The van der Waals surface area contributed by atoms with Crippen LogP contribution in [0.1, 0.15) is 19.4 Å². The third-order valence-electron chi connectivity index (χ3n) is 2.81. The van der Waals surface area contributed by atoms with Gasteiger partial charge in [0.25, 0.3) is 5.91 Å². The van der Waals surface area contributed by atoms with Crippen molar-refractivity contribution in [3.63, 3.8) is 0 Å². The Hall–Kier alpha value is -1.59. The van der Waals surface area contributed by atoms with Crippen molar-refractivity contribution >= 4 is 23.5 Å². The summed E-state index contributed by atoms with van der Waals surface area (Å²) in [6, 6.07) is 7.07. The van der Waals surface area contributed by atoms with Crippen LogP contribution in [0.15, 0.2) is 24.3 Å². The van der Waals surface area contributed by atoms with E-state index in [9.17, 15) is 9.59 Å². The van der Waals surface area contributed by atoms with Gasteiger partial charge in [-0.1, -0.05) is 37.6 Å². The molecule has 0 aromatic heterocycles. The lowest BCUT2D eigenvalue weighted by Gasteiger charge is -2.14. The van der Waals surface area contributed by atoms with E-state index in [4.69, 9.17) is 11.6 Å². The summed E-state index contributed by atoms with van der Waals surface area (Å²) in [5, 5.41) is 5.67. The Morgan fingerprint density at radius 1 is 1.24 bits per heavy atom. The number of carbonyl (C=O) groups excluding carboxylic acids is 2. The number of quaternary nitrogens is 1. The molecule has 3 N–H and O–H groups in total. The van der Waals surface area contributed by atoms with Crippen LogP contribution in [0.25, 0.3) is 0 Å². The van der Waals surface area contributed by atoms with Gasteiger partial charge in [0.2, 0.25) is 0 Å². The zero-order chi connectivity index (χ0) is 15.8. The Kier molecular flexibility index (Phi) is 7.19. The van der Waals surface area contributed by atoms with Crippen LogP contribution in [0.4, 0.5) is 4.79 Å². The number of halogens is 1. The largest absolute Gasteiger partial charge is 0.338 e. The van der Waals surface area contributed by atoms with E-state index in [1.54, 1.807) is 0 Å². The highest BCUT2D eigenvalue weighted by Gasteiger charge is 2.13. The molecule has 116 valence electrons.